The van der Waals surface area contributed by atoms with Crippen molar-refractivity contribution in [3.8, 4) is 0 Å². The molecular weight excluding hydrogens is 236 g/mol. The Morgan fingerprint density at radius 3 is 2.76 bits per heavy atom. The Labute approximate surface area is 106 Å². The van der Waals surface area contributed by atoms with Gasteiger partial charge < -0.3 is 5.32 Å². The van der Waals surface area contributed by atoms with Crippen molar-refractivity contribution in [3.63, 3.8) is 0 Å². The van der Waals surface area contributed by atoms with Gasteiger partial charge in [0.2, 0.25) is 0 Å². The first kappa shape index (κ1) is 14.3. The van der Waals surface area contributed by atoms with E-state index in [1.54, 1.807) is 16.3 Å². The molecule has 0 saturated heterocycles. The third kappa shape index (κ3) is 4.20. The highest BCUT2D eigenvalue weighted by atomic mass is 32.2. The van der Waals surface area contributed by atoms with Crippen LogP contribution >= 0.6 is 11.8 Å². The van der Waals surface area contributed by atoms with Crippen molar-refractivity contribution in [1.82, 2.24) is 20.1 Å². The minimum atomic E-state index is -0.119. The van der Waals surface area contributed by atoms with Crippen molar-refractivity contribution >= 4 is 11.8 Å². The molecule has 2 N–H and O–H groups in total. The first-order valence-corrected chi connectivity index (χ1v) is 7.01. The smallest absolute Gasteiger partial charge is 0.317 e. The molecule has 0 fully saturated rings. The zero-order valence-electron chi connectivity index (χ0n) is 11.0. The average molecular weight is 258 g/mol. The number of thioether (sulfide) groups is 1. The predicted molar refractivity (Wildman–Crippen MR) is 71.7 cm³/mol. The van der Waals surface area contributed by atoms with Crippen LogP contribution in [0.25, 0.3) is 0 Å². The van der Waals surface area contributed by atoms with E-state index in [0.717, 1.165) is 23.8 Å². The first-order chi connectivity index (χ1) is 8.06. The van der Waals surface area contributed by atoms with Gasteiger partial charge >= 0.3 is 5.69 Å². The summed E-state index contributed by atoms with van der Waals surface area (Å²) in [6.07, 6.45) is 2.26. The third-order valence-corrected chi connectivity index (χ3v) is 3.73. The number of hydrogen-bond acceptors (Lipinski definition) is 4. The number of rotatable bonds is 7. The van der Waals surface area contributed by atoms with Crippen molar-refractivity contribution in [2.75, 3.05) is 12.8 Å². The lowest BCUT2D eigenvalue weighted by molar-refractivity contribution is 0.532. The van der Waals surface area contributed by atoms with E-state index >= 15 is 0 Å². The van der Waals surface area contributed by atoms with E-state index in [-0.39, 0.29) is 11.7 Å². The van der Waals surface area contributed by atoms with Crippen molar-refractivity contribution < 1.29 is 0 Å². The fourth-order valence-electron chi connectivity index (χ4n) is 1.54. The molecule has 0 aliphatic rings. The summed E-state index contributed by atoms with van der Waals surface area (Å²) < 4.78 is 1.70. The van der Waals surface area contributed by atoms with Crippen LogP contribution in [0.4, 0.5) is 0 Å². The molecule has 0 radical (unpaired) electrons. The Kier molecular flexibility index (Phi) is 5.77. The zero-order valence-corrected chi connectivity index (χ0v) is 11.8. The maximum Gasteiger partial charge on any atom is 0.344 e. The highest BCUT2D eigenvalue weighted by Crippen LogP contribution is 2.18. The van der Waals surface area contributed by atoms with Crippen LogP contribution < -0.4 is 11.0 Å². The Bertz CT molecular complexity index is 385. The summed E-state index contributed by atoms with van der Waals surface area (Å²) in [6, 6.07) is 0.696. The van der Waals surface area contributed by atoms with Crippen LogP contribution in [-0.4, -0.2) is 33.6 Å². The third-order valence-electron chi connectivity index (χ3n) is 2.69. The molecule has 1 unspecified atom stereocenters. The molecule has 6 heteroatoms. The second-order valence-corrected chi connectivity index (χ2v) is 5.52. The normalized spacial score (nSPS) is 13.2. The maximum absolute atomic E-state index is 11.5. The number of nitrogens with one attached hydrogen (secondary N) is 2. The summed E-state index contributed by atoms with van der Waals surface area (Å²) in [5.41, 5.74) is -0.119. The molecule has 1 heterocycles. The van der Waals surface area contributed by atoms with Crippen LogP contribution in [0.2, 0.25) is 0 Å². The van der Waals surface area contributed by atoms with Crippen molar-refractivity contribution in [1.29, 1.82) is 0 Å². The molecule has 5 nitrogen and oxygen atoms in total. The van der Waals surface area contributed by atoms with Crippen LogP contribution in [0.15, 0.2) is 9.95 Å². The first-order valence-electron chi connectivity index (χ1n) is 6.03. The van der Waals surface area contributed by atoms with Crippen molar-refractivity contribution in [3.05, 3.63) is 10.5 Å². The molecule has 17 heavy (non-hydrogen) atoms. The van der Waals surface area contributed by atoms with E-state index < -0.39 is 0 Å². The number of aromatic amines is 1. The summed E-state index contributed by atoms with van der Waals surface area (Å²) in [4.78, 5) is 11.5. The monoisotopic (exact) mass is 258 g/mol. The van der Waals surface area contributed by atoms with E-state index in [1.807, 2.05) is 20.9 Å². The average Bonchev–Trinajstić information content (AvgIpc) is 2.65. The van der Waals surface area contributed by atoms with E-state index in [1.165, 1.54) is 0 Å². The molecule has 0 spiro atoms. The summed E-state index contributed by atoms with van der Waals surface area (Å²) in [7, 11) is 1.97. The predicted octanol–water partition coefficient (Wildman–Crippen LogP) is 1.63. The molecule has 0 aliphatic heterocycles. The molecule has 1 atom stereocenters. The van der Waals surface area contributed by atoms with Gasteiger partial charge in [0.05, 0.1) is 0 Å². The van der Waals surface area contributed by atoms with Gasteiger partial charge in [-0.15, -0.1) is 5.10 Å². The van der Waals surface area contributed by atoms with Gasteiger partial charge in [0, 0.05) is 17.8 Å². The molecule has 1 aromatic rings. The summed E-state index contributed by atoms with van der Waals surface area (Å²) >= 11 is 1.64. The van der Waals surface area contributed by atoms with Crippen molar-refractivity contribution in [2.24, 2.45) is 0 Å². The van der Waals surface area contributed by atoms with Gasteiger partial charge in [-0.2, -0.15) is 0 Å². The maximum atomic E-state index is 11.5. The van der Waals surface area contributed by atoms with E-state index in [9.17, 15) is 4.79 Å². The van der Waals surface area contributed by atoms with Gasteiger partial charge in [0.15, 0.2) is 5.16 Å². The Morgan fingerprint density at radius 2 is 2.18 bits per heavy atom. The van der Waals surface area contributed by atoms with E-state index in [0.29, 0.717) is 6.04 Å². The highest BCUT2D eigenvalue weighted by Gasteiger charge is 2.11. The molecule has 0 amide bonds. The molecule has 1 aromatic heterocycles. The van der Waals surface area contributed by atoms with E-state index in [2.05, 4.69) is 22.4 Å². The summed E-state index contributed by atoms with van der Waals surface area (Å²) in [5, 5.41) is 10.6. The van der Waals surface area contributed by atoms with E-state index in [4.69, 9.17) is 0 Å². The topological polar surface area (TPSA) is 62.7 Å². The zero-order chi connectivity index (χ0) is 12.8. The number of nitrogens with zero attached hydrogens (tertiary/aromatic N) is 2. The van der Waals surface area contributed by atoms with Crippen molar-refractivity contribution in [2.45, 2.75) is 50.9 Å². The fourth-order valence-corrected chi connectivity index (χ4v) is 2.58. The van der Waals surface area contributed by atoms with Crippen LogP contribution in [0.1, 0.15) is 39.7 Å². The quantitative estimate of drug-likeness (QED) is 0.576. The van der Waals surface area contributed by atoms with Crippen LogP contribution in [-0.2, 0) is 0 Å². The second-order valence-electron chi connectivity index (χ2n) is 4.46. The van der Waals surface area contributed by atoms with Crippen LogP contribution in [0, 0.1) is 0 Å². The van der Waals surface area contributed by atoms with Gasteiger partial charge in [-0.05, 0) is 40.7 Å². The number of hydrogen-bond donors (Lipinski definition) is 2. The Hall–Kier alpha value is -0.750. The Balaban J connectivity index is 2.44. The molecule has 0 bridgehead atoms. The lowest BCUT2D eigenvalue weighted by Gasteiger charge is -2.10. The SMILES string of the molecule is CNC(C)CCCSc1n[nH]c(=O)n1C(C)C. The van der Waals surface area contributed by atoms with Gasteiger partial charge in [0.1, 0.15) is 0 Å². The Morgan fingerprint density at radius 1 is 1.47 bits per heavy atom. The highest BCUT2D eigenvalue weighted by molar-refractivity contribution is 7.99. The minimum Gasteiger partial charge on any atom is -0.317 e. The van der Waals surface area contributed by atoms with Gasteiger partial charge in [-0.3, -0.25) is 4.57 Å². The standard InChI is InChI=1S/C11H22N4OS/c1-8(2)15-10(16)13-14-11(15)17-7-5-6-9(3)12-4/h8-9,12H,5-7H2,1-4H3,(H,13,16). The number of H-pyrrole nitrogens is 1. The summed E-state index contributed by atoms with van der Waals surface area (Å²) in [6.45, 7) is 6.15. The van der Waals surface area contributed by atoms with Crippen LogP contribution in [0.3, 0.4) is 0 Å². The number of aromatic nitrogens is 3. The van der Waals surface area contributed by atoms with Gasteiger partial charge in [0.25, 0.3) is 0 Å². The molecule has 0 aromatic carbocycles. The lowest BCUT2D eigenvalue weighted by atomic mass is 10.2. The molecular formula is C11H22N4OS. The van der Waals surface area contributed by atoms with Gasteiger partial charge in [-0.1, -0.05) is 11.8 Å². The fraction of sp³-hybridized carbons (Fsp3) is 0.818. The molecule has 1 rings (SSSR count). The van der Waals surface area contributed by atoms with Crippen LogP contribution in [0.5, 0.6) is 0 Å². The molecule has 98 valence electrons. The summed E-state index contributed by atoms with van der Waals surface area (Å²) in [5.74, 6) is 0.989. The molecule has 0 saturated carbocycles. The molecule has 0 aliphatic carbocycles. The van der Waals surface area contributed by atoms with Gasteiger partial charge in [-0.25, -0.2) is 9.89 Å². The minimum absolute atomic E-state index is 0.119. The lowest BCUT2D eigenvalue weighted by Crippen LogP contribution is -2.21. The second kappa shape index (κ2) is 6.86. The largest absolute Gasteiger partial charge is 0.344 e.